The second-order valence-corrected chi connectivity index (χ2v) is 8.23. The molecule has 1 N–H and O–H groups in total. The number of urea groups is 1. The number of methoxy groups -OCH3 is 1. The van der Waals surface area contributed by atoms with E-state index in [0.29, 0.717) is 26.3 Å². The van der Waals surface area contributed by atoms with Crippen molar-refractivity contribution in [1.29, 1.82) is 0 Å². The van der Waals surface area contributed by atoms with Gasteiger partial charge in [-0.25, -0.2) is 9.78 Å². The fourth-order valence-electron chi connectivity index (χ4n) is 4.90. The number of amides is 2. The van der Waals surface area contributed by atoms with Crippen molar-refractivity contribution in [2.75, 3.05) is 53.0 Å². The minimum Gasteiger partial charge on any atom is -0.497 e. The minimum absolute atomic E-state index is 0.145. The topological polar surface area (TPSA) is 71.9 Å². The van der Waals surface area contributed by atoms with Crippen molar-refractivity contribution < 1.29 is 14.3 Å². The molecule has 3 aliphatic rings. The number of morpholine rings is 1. The van der Waals surface area contributed by atoms with Crippen LogP contribution in [0, 0.1) is 0 Å². The lowest BCUT2D eigenvalue weighted by atomic mass is 9.85. The Labute approximate surface area is 176 Å². The lowest BCUT2D eigenvalue weighted by molar-refractivity contribution is 0.0363. The lowest BCUT2D eigenvalue weighted by Gasteiger charge is -2.45. The molecule has 1 aromatic heterocycles. The van der Waals surface area contributed by atoms with Crippen LogP contribution in [0.2, 0.25) is 0 Å². The van der Waals surface area contributed by atoms with Crippen LogP contribution in [0.3, 0.4) is 0 Å². The zero-order chi connectivity index (χ0) is 20.6. The molecule has 4 heterocycles. The van der Waals surface area contributed by atoms with E-state index < -0.39 is 0 Å². The molecule has 0 saturated carbocycles. The summed E-state index contributed by atoms with van der Waals surface area (Å²) < 4.78 is 13.0. The molecule has 3 aliphatic heterocycles. The Kier molecular flexibility index (Phi) is 5.12. The molecule has 8 nitrogen and oxygen atoms in total. The SMILES string of the molecule is COc1ccc(-c2cnc3n2CCNC32CCN(C(=O)N3CCOCC3)CC2)cc1. The third-order valence-electron chi connectivity index (χ3n) is 6.64. The van der Waals surface area contributed by atoms with Crippen molar-refractivity contribution in [2.45, 2.75) is 24.9 Å². The van der Waals surface area contributed by atoms with Gasteiger partial charge in [-0.1, -0.05) is 0 Å². The van der Waals surface area contributed by atoms with E-state index in [4.69, 9.17) is 14.5 Å². The molecule has 2 fully saturated rings. The third kappa shape index (κ3) is 3.33. The largest absolute Gasteiger partial charge is 0.497 e. The Balaban J connectivity index is 1.34. The smallest absolute Gasteiger partial charge is 0.320 e. The standard InChI is InChI=1S/C22H29N5O3/c1-29-18-4-2-17(3-5-18)19-16-23-20-22(24-8-11-27(19)20)6-9-25(10-7-22)21(28)26-12-14-30-15-13-26/h2-5,16,24H,6-15H2,1H3. The fraction of sp³-hybridized carbons (Fsp3) is 0.545. The van der Waals surface area contributed by atoms with Gasteiger partial charge in [0.1, 0.15) is 11.6 Å². The molecule has 2 amide bonds. The molecule has 0 atom stereocenters. The van der Waals surface area contributed by atoms with Crippen LogP contribution in [-0.2, 0) is 16.8 Å². The average Bonchev–Trinajstić information content (AvgIpc) is 3.26. The van der Waals surface area contributed by atoms with Gasteiger partial charge in [0.15, 0.2) is 0 Å². The van der Waals surface area contributed by atoms with Gasteiger partial charge in [0.05, 0.1) is 37.8 Å². The van der Waals surface area contributed by atoms with Crippen LogP contribution in [0.1, 0.15) is 18.7 Å². The molecule has 160 valence electrons. The van der Waals surface area contributed by atoms with Crippen LogP contribution >= 0.6 is 0 Å². The number of rotatable bonds is 2. The van der Waals surface area contributed by atoms with Gasteiger partial charge < -0.3 is 29.2 Å². The lowest BCUT2D eigenvalue weighted by Crippen LogP contribution is -2.58. The summed E-state index contributed by atoms with van der Waals surface area (Å²) in [6, 6.07) is 8.29. The molecule has 5 rings (SSSR count). The third-order valence-corrected chi connectivity index (χ3v) is 6.64. The van der Waals surface area contributed by atoms with Crippen molar-refractivity contribution in [3.05, 3.63) is 36.3 Å². The summed E-state index contributed by atoms with van der Waals surface area (Å²) in [5, 5.41) is 3.74. The zero-order valence-electron chi connectivity index (χ0n) is 17.5. The van der Waals surface area contributed by atoms with Gasteiger partial charge in [-0.2, -0.15) is 0 Å². The molecule has 1 aromatic carbocycles. The highest BCUT2D eigenvalue weighted by Crippen LogP contribution is 2.37. The maximum absolute atomic E-state index is 12.9. The highest BCUT2D eigenvalue weighted by Gasteiger charge is 2.43. The van der Waals surface area contributed by atoms with Crippen molar-refractivity contribution in [3.63, 3.8) is 0 Å². The van der Waals surface area contributed by atoms with E-state index in [9.17, 15) is 4.79 Å². The molecule has 1 spiro atoms. The van der Waals surface area contributed by atoms with Gasteiger partial charge in [-0.15, -0.1) is 0 Å². The Hall–Kier alpha value is -2.58. The number of benzene rings is 1. The molecular weight excluding hydrogens is 382 g/mol. The molecule has 0 unspecified atom stereocenters. The minimum atomic E-state index is -0.162. The molecular formula is C22H29N5O3. The van der Waals surface area contributed by atoms with Crippen molar-refractivity contribution in [2.24, 2.45) is 0 Å². The van der Waals surface area contributed by atoms with Gasteiger partial charge in [-0.05, 0) is 37.1 Å². The summed E-state index contributed by atoms with van der Waals surface area (Å²) in [4.78, 5) is 21.6. The van der Waals surface area contributed by atoms with E-state index in [0.717, 1.165) is 61.9 Å². The van der Waals surface area contributed by atoms with Crippen molar-refractivity contribution >= 4 is 6.03 Å². The summed E-state index contributed by atoms with van der Waals surface area (Å²) in [6.45, 7) is 5.94. The first kappa shape index (κ1) is 19.4. The fourth-order valence-corrected chi connectivity index (χ4v) is 4.90. The molecule has 2 saturated heterocycles. The average molecular weight is 412 g/mol. The van der Waals surface area contributed by atoms with E-state index >= 15 is 0 Å². The van der Waals surface area contributed by atoms with Crippen molar-refractivity contribution in [3.8, 4) is 17.0 Å². The number of aromatic nitrogens is 2. The molecule has 8 heteroatoms. The first-order valence-corrected chi connectivity index (χ1v) is 10.8. The maximum atomic E-state index is 12.9. The number of carbonyl (C=O) groups excluding carboxylic acids is 1. The van der Waals surface area contributed by atoms with E-state index in [1.165, 1.54) is 0 Å². The summed E-state index contributed by atoms with van der Waals surface area (Å²) in [7, 11) is 1.68. The monoisotopic (exact) mass is 411 g/mol. The molecule has 0 bridgehead atoms. The van der Waals surface area contributed by atoms with E-state index in [2.05, 4.69) is 22.0 Å². The number of imidazole rings is 1. The second kappa shape index (κ2) is 7.92. The number of hydrogen-bond donors (Lipinski definition) is 1. The normalized spacial score (nSPS) is 20.8. The number of fused-ring (bicyclic) bond motifs is 2. The molecule has 2 aromatic rings. The predicted molar refractivity (Wildman–Crippen MR) is 112 cm³/mol. The quantitative estimate of drug-likeness (QED) is 0.817. The van der Waals surface area contributed by atoms with Gasteiger partial charge in [-0.3, -0.25) is 0 Å². The summed E-state index contributed by atoms with van der Waals surface area (Å²) >= 11 is 0. The number of nitrogens with one attached hydrogen (secondary N) is 1. The molecule has 0 aliphatic carbocycles. The number of carbonyl (C=O) groups is 1. The van der Waals surface area contributed by atoms with E-state index in [-0.39, 0.29) is 11.6 Å². The van der Waals surface area contributed by atoms with Gasteiger partial charge in [0.25, 0.3) is 0 Å². The first-order chi connectivity index (χ1) is 14.7. The van der Waals surface area contributed by atoms with Gasteiger partial charge in [0, 0.05) is 44.8 Å². The molecule has 30 heavy (non-hydrogen) atoms. The van der Waals surface area contributed by atoms with E-state index in [1.54, 1.807) is 7.11 Å². The number of likely N-dealkylation sites (tertiary alicyclic amines) is 1. The highest BCUT2D eigenvalue weighted by atomic mass is 16.5. The summed E-state index contributed by atoms with van der Waals surface area (Å²) in [5.74, 6) is 1.95. The van der Waals surface area contributed by atoms with Gasteiger partial charge >= 0.3 is 6.03 Å². The second-order valence-electron chi connectivity index (χ2n) is 8.23. The first-order valence-electron chi connectivity index (χ1n) is 10.8. The Bertz CT molecular complexity index is 896. The predicted octanol–water partition coefficient (Wildman–Crippen LogP) is 1.91. The number of piperidine rings is 1. The number of hydrogen-bond acceptors (Lipinski definition) is 5. The van der Waals surface area contributed by atoms with Crippen molar-refractivity contribution in [1.82, 2.24) is 24.7 Å². The number of ether oxygens (including phenoxy) is 2. The van der Waals surface area contributed by atoms with Crippen LogP contribution in [0.25, 0.3) is 11.3 Å². The van der Waals surface area contributed by atoms with Crippen LogP contribution in [0.5, 0.6) is 5.75 Å². The molecule has 0 radical (unpaired) electrons. The van der Waals surface area contributed by atoms with Crippen LogP contribution in [-0.4, -0.2) is 78.4 Å². The highest BCUT2D eigenvalue weighted by molar-refractivity contribution is 5.74. The summed E-state index contributed by atoms with van der Waals surface area (Å²) in [5.41, 5.74) is 2.12. The van der Waals surface area contributed by atoms with Crippen LogP contribution in [0.15, 0.2) is 30.5 Å². The van der Waals surface area contributed by atoms with Crippen LogP contribution in [0.4, 0.5) is 4.79 Å². The van der Waals surface area contributed by atoms with Crippen LogP contribution < -0.4 is 10.1 Å². The number of nitrogens with zero attached hydrogens (tertiary/aromatic N) is 4. The van der Waals surface area contributed by atoms with Gasteiger partial charge in [0.2, 0.25) is 0 Å². The Morgan fingerprint density at radius 3 is 2.47 bits per heavy atom. The van der Waals surface area contributed by atoms with E-state index in [1.807, 2.05) is 28.1 Å². The summed E-state index contributed by atoms with van der Waals surface area (Å²) in [6.07, 6.45) is 3.74. The Morgan fingerprint density at radius 1 is 1.07 bits per heavy atom. The maximum Gasteiger partial charge on any atom is 0.320 e. The Morgan fingerprint density at radius 2 is 1.77 bits per heavy atom. The zero-order valence-corrected chi connectivity index (χ0v) is 17.5.